The molecule has 4 rings (SSSR count). The van der Waals surface area contributed by atoms with Crippen molar-refractivity contribution in [2.24, 2.45) is 0 Å². The van der Waals surface area contributed by atoms with E-state index in [1.807, 2.05) is 0 Å². The first kappa shape index (κ1) is 18.4. The second-order valence-corrected chi connectivity index (χ2v) is 6.38. The molecule has 1 amide bonds. The molecule has 0 fully saturated rings. The summed E-state index contributed by atoms with van der Waals surface area (Å²) in [6, 6.07) is 18.7. The maximum Gasteiger partial charge on any atom is 0.255 e. The van der Waals surface area contributed by atoms with Gasteiger partial charge in [0.15, 0.2) is 5.43 Å². The van der Waals surface area contributed by atoms with Crippen molar-refractivity contribution in [3.8, 4) is 17.1 Å². The average Bonchev–Trinajstić information content (AvgIpc) is 2.74. The van der Waals surface area contributed by atoms with Gasteiger partial charge in [0.25, 0.3) is 5.91 Å². The van der Waals surface area contributed by atoms with Crippen LogP contribution in [0.3, 0.4) is 0 Å². The van der Waals surface area contributed by atoms with Gasteiger partial charge in [-0.25, -0.2) is 4.39 Å². The van der Waals surface area contributed by atoms with Crippen molar-refractivity contribution in [3.05, 3.63) is 94.4 Å². The number of hydrogen-bond donors (Lipinski definition) is 1. The Kier molecular flexibility index (Phi) is 4.83. The number of carbonyl (C=O) groups excluding carboxylic acids is 1. The highest BCUT2D eigenvalue weighted by molar-refractivity contribution is 6.05. The van der Waals surface area contributed by atoms with Gasteiger partial charge in [0, 0.05) is 22.9 Å². The van der Waals surface area contributed by atoms with Crippen molar-refractivity contribution >= 4 is 22.6 Å². The van der Waals surface area contributed by atoms with Gasteiger partial charge < -0.3 is 14.5 Å². The van der Waals surface area contributed by atoms with E-state index in [0.29, 0.717) is 28.2 Å². The maximum atomic E-state index is 13.3. The van der Waals surface area contributed by atoms with E-state index in [9.17, 15) is 14.0 Å². The molecule has 3 aromatic carbocycles. The fraction of sp³-hybridized carbons (Fsp3) is 0.0435. The number of anilines is 1. The average molecular weight is 389 g/mol. The molecule has 0 aliphatic rings. The zero-order valence-electron chi connectivity index (χ0n) is 15.4. The lowest BCUT2D eigenvalue weighted by Crippen LogP contribution is -2.12. The summed E-state index contributed by atoms with van der Waals surface area (Å²) in [5, 5.41) is 3.00. The third-order valence-corrected chi connectivity index (χ3v) is 4.45. The van der Waals surface area contributed by atoms with E-state index in [2.05, 4.69) is 5.32 Å². The highest BCUT2D eigenvalue weighted by Gasteiger charge is 2.11. The van der Waals surface area contributed by atoms with Crippen LogP contribution in [0.5, 0.6) is 5.75 Å². The quantitative estimate of drug-likeness (QED) is 0.541. The number of benzene rings is 3. The standard InChI is InChI=1S/C23H16FNO4/c1-28-18-8-5-14(6-9-18)22-13-20(26)19-12-17(7-10-21(19)29-22)25-23(27)15-3-2-4-16(24)11-15/h2-13H,1H3,(H,25,27). The van der Waals surface area contributed by atoms with E-state index >= 15 is 0 Å². The first-order valence-electron chi connectivity index (χ1n) is 8.83. The van der Waals surface area contributed by atoms with E-state index < -0.39 is 11.7 Å². The number of fused-ring (bicyclic) bond motifs is 1. The van der Waals surface area contributed by atoms with Crippen LogP contribution in [-0.4, -0.2) is 13.0 Å². The molecular weight excluding hydrogens is 373 g/mol. The topological polar surface area (TPSA) is 68.5 Å². The largest absolute Gasteiger partial charge is 0.497 e. The van der Waals surface area contributed by atoms with Gasteiger partial charge in [-0.15, -0.1) is 0 Å². The molecule has 0 radical (unpaired) electrons. The monoisotopic (exact) mass is 389 g/mol. The molecular formula is C23H16FNO4. The number of hydrogen-bond acceptors (Lipinski definition) is 4. The summed E-state index contributed by atoms with van der Waals surface area (Å²) in [5.41, 5.74) is 1.50. The molecule has 6 heteroatoms. The van der Waals surface area contributed by atoms with Gasteiger partial charge >= 0.3 is 0 Å². The Morgan fingerprint density at radius 1 is 1.00 bits per heavy atom. The Labute approximate surface area is 165 Å². The lowest BCUT2D eigenvalue weighted by Gasteiger charge is -2.08. The Morgan fingerprint density at radius 2 is 1.79 bits per heavy atom. The van der Waals surface area contributed by atoms with Gasteiger partial charge in [-0.2, -0.15) is 0 Å². The van der Waals surface area contributed by atoms with Crippen molar-refractivity contribution in [3.63, 3.8) is 0 Å². The van der Waals surface area contributed by atoms with Crippen LogP contribution >= 0.6 is 0 Å². The summed E-state index contributed by atoms with van der Waals surface area (Å²) in [5.74, 6) is 0.170. The van der Waals surface area contributed by atoms with Gasteiger partial charge in [0.1, 0.15) is 22.9 Å². The molecule has 0 spiro atoms. The van der Waals surface area contributed by atoms with Crippen LogP contribution in [0.4, 0.5) is 10.1 Å². The number of carbonyl (C=O) groups is 1. The van der Waals surface area contributed by atoms with Crippen LogP contribution in [0.2, 0.25) is 0 Å². The smallest absolute Gasteiger partial charge is 0.255 e. The molecule has 0 saturated carbocycles. The maximum absolute atomic E-state index is 13.3. The number of methoxy groups -OCH3 is 1. The molecule has 1 aromatic heterocycles. The summed E-state index contributed by atoms with van der Waals surface area (Å²) in [4.78, 5) is 24.9. The van der Waals surface area contributed by atoms with Crippen LogP contribution in [0, 0.1) is 5.82 Å². The molecule has 144 valence electrons. The van der Waals surface area contributed by atoms with Gasteiger partial charge in [-0.1, -0.05) is 6.07 Å². The SMILES string of the molecule is COc1ccc(-c2cc(=O)c3cc(NC(=O)c4cccc(F)c4)ccc3o2)cc1. The summed E-state index contributed by atoms with van der Waals surface area (Å²) in [6.45, 7) is 0. The molecule has 0 atom stereocenters. The molecule has 0 bridgehead atoms. The number of amides is 1. The minimum absolute atomic E-state index is 0.187. The molecule has 29 heavy (non-hydrogen) atoms. The van der Waals surface area contributed by atoms with E-state index in [0.717, 1.165) is 11.6 Å². The van der Waals surface area contributed by atoms with Crippen molar-refractivity contribution in [1.82, 2.24) is 0 Å². The van der Waals surface area contributed by atoms with E-state index in [4.69, 9.17) is 9.15 Å². The molecule has 0 unspecified atom stereocenters. The van der Waals surface area contributed by atoms with E-state index in [1.165, 1.54) is 30.3 Å². The van der Waals surface area contributed by atoms with E-state index in [1.54, 1.807) is 43.5 Å². The van der Waals surface area contributed by atoms with Crippen molar-refractivity contribution in [2.75, 3.05) is 12.4 Å². The zero-order chi connectivity index (χ0) is 20.4. The second kappa shape index (κ2) is 7.59. The minimum atomic E-state index is -0.497. The van der Waals surface area contributed by atoms with Crippen LogP contribution in [-0.2, 0) is 0 Å². The number of nitrogens with one attached hydrogen (secondary N) is 1. The number of halogens is 1. The fourth-order valence-electron chi connectivity index (χ4n) is 2.96. The normalized spacial score (nSPS) is 10.7. The summed E-state index contributed by atoms with van der Waals surface area (Å²) in [7, 11) is 1.58. The van der Waals surface area contributed by atoms with Crippen molar-refractivity contribution in [2.45, 2.75) is 0 Å². The molecule has 1 N–H and O–H groups in total. The molecule has 5 nitrogen and oxygen atoms in total. The van der Waals surface area contributed by atoms with E-state index in [-0.39, 0.29) is 11.0 Å². The Balaban J connectivity index is 1.65. The molecule has 0 aliphatic heterocycles. The third kappa shape index (κ3) is 3.87. The molecule has 0 saturated heterocycles. The number of rotatable bonds is 4. The van der Waals surface area contributed by atoms with Crippen LogP contribution < -0.4 is 15.5 Å². The molecule has 1 heterocycles. The lowest BCUT2D eigenvalue weighted by molar-refractivity contribution is 0.102. The highest BCUT2D eigenvalue weighted by Crippen LogP contribution is 2.25. The fourth-order valence-corrected chi connectivity index (χ4v) is 2.96. The first-order valence-corrected chi connectivity index (χ1v) is 8.83. The third-order valence-electron chi connectivity index (χ3n) is 4.45. The van der Waals surface area contributed by atoms with Gasteiger partial charge in [0.2, 0.25) is 0 Å². The van der Waals surface area contributed by atoms with Crippen molar-refractivity contribution in [1.29, 1.82) is 0 Å². The summed E-state index contributed by atoms with van der Waals surface area (Å²) >= 11 is 0. The Hall–Kier alpha value is -3.93. The zero-order valence-corrected chi connectivity index (χ0v) is 15.4. The summed E-state index contributed by atoms with van der Waals surface area (Å²) < 4.78 is 24.3. The van der Waals surface area contributed by atoms with Crippen LogP contribution in [0.15, 0.2) is 82.0 Å². The predicted molar refractivity (Wildman–Crippen MR) is 109 cm³/mol. The Bertz CT molecular complexity index is 1260. The van der Waals surface area contributed by atoms with Gasteiger partial charge in [-0.05, 0) is 60.7 Å². The van der Waals surface area contributed by atoms with Gasteiger partial charge in [0.05, 0.1) is 12.5 Å². The highest BCUT2D eigenvalue weighted by atomic mass is 19.1. The molecule has 0 aliphatic carbocycles. The Morgan fingerprint density at radius 3 is 2.52 bits per heavy atom. The van der Waals surface area contributed by atoms with Crippen LogP contribution in [0.1, 0.15) is 10.4 Å². The first-order chi connectivity index (χ1) is 14.0. The predicted octanol–water partition coefficient (Wildman–Crippen LogP) is 4.86. The second-order valence-electron chi connectivity index (χ2n) is 6.38. The van der Waals surface area contributed by atoms with Crippen LogP contribution in [0.25, 0.3) is 22.3 Å². The molecule has 4 aromatic rings. The minimum Gasteiger partial charge on any atom is -0.497 e. The number of ether oxygens (including phenoxy) is 1. The lowest BCUT2D eigenvalue weighted by atomic mass is 10.1. The van der Waals surface area contributed by atoms with Gasteiger partial charge in [-0.3, -0.25) is 9.59 Å². The summed E-state index contributed by atoms with van der Waals surface area (Å²) in [6.07, 6.45) is 0. The van der Waals surface area contributed by atoms with Crippen molar-refractivity contribution < 1.29 is 18.3 Å².